The maximum absolute atomic E-state index is 13.2. The first-order valence-electron chi connectivity index (χ1n) is 11.4. The number of hydrogen-bond donors (Lipinski definition) is 1. The summed E-state index contributed by atoms with van der Waals surface area (Å²) in [4.78, 5) is 17.6. The number of nitrogens with zero attached hydrogens (tertiary/aromatic N) is 2. The summed E-state index contributed by atoms with van der Waals surface area (Å²) in [7, 11) is -3.62. The monoisotopic (exact) mass is 483 g/mol. The molecule has 1 aromatic heterocycles. The number of anilines is 1. The normalized spacial score (nSPS) is 14.8. The maximum Gasteiger partial charge on any atom is 0.257 e. The molecule has 174 valence electrons. The van der Waals surface area contributed by atoms with E-state index in [4.69, 9.17) is 0 Å². The summed E-state index contributed by atoms with van der Waals surface area (Å²) < 4.78 is 27.8. The zero-order valence-corrected chi connectivity index (χ0v) is 20.6. The number of hydrogen-bond acceptors (Lipinski definition) is 5. The highest BCUT2D eigenvalue weighted by molar-refractivity contribution is 7.89. The van der Waals surface area contributed by atoms with Crippen molar-refractivity contribution >= 4 is 32.4 Å². The van der Waals surface area contributed by atoms with Gasteiger partial charge in [0.1, 0.15) is 0 Å². The van der Waals surface area contributed by atoms with Gasteiger partial charge in [0.25, 0.3) is 5.91 Å². The van der Waals surface area contributed by atoms with E-state index in [-0.39, 0.29) is 10.8 Å². The predicted octanol–water partition coefficient (Wildman–Crippen LogP) is 5.50. The Hall–Kier alpha value is -2.55. The van der Waals surface area contributed by atoms with Gasteiger partial charge in [-0.1, -0.05) is 50.1 Å². The quantitative estimate of drug-likeness (QED) is 0.481. The average Bonchev–Trinajstić information content (AvgIpc) is 3.29. The summed E-state index contributed by atoms with van der Waals surface area (Å²) in [6.45, 7) is 4.97. The van der Waals surface area contributed by atoms with Crippen LogP contribution in [0.15, 0.2) is 52.7 Å². The second kappa shape index (κ2) is 10.2. The van der Waals surface area contributed by atoms with Crippen molar-refractivity contribution < 1.29 is 13.2 Å². The van der Waals surface area contributed by atoms with Crippen molar-refractivity contribution in [2.24, 2.45) is 0 Å². The molecule has 1 saturated heterocycles. The van der Waals surface area contributed by atoms with Crippen LogP contribution in [0.2, 0.25) is 0 Å². The average molecular weight is 484 g/mol. The van der Waals surface area contributed by atoms with Gasteiger partial charge in [0, 0.05) is 29.6 Å². The number of carbonyl (C=O) groups excluding carboxylic acids is 1. The highest BCUT2D eigenvalue weighted by Gasteiger charge is 2.28. The molecule has 1 aliphatic rings. The molecule has 3 aromatic rings. The standard InChI is InChI=1S/C25H29N3O3S2/c1-3-7-19-9-12-20(13-10-19)22-17-32-25(26-22)27-24(29)21-11-8-18(2)23(16-21)33(30,31)28-14-5-4-6-15-28/h8-13,16-17H,3-7,14-15H2,1-2H3,(H,26,27,29). The molecule has 0 saturated carbocycles. The van der Waals surface area contributed by atoms with Crippen molar-refractivity contribution in [2.45, 2.75) is 50.8 Å². The largest absolute Gasteiger partial charge is 0.298 e. The molecular formula is C25H29N3O3S2. The lowest BCUT2D eigenvalue weighted by atomic mass is 10.1. The Balaban J connectivity index is 1.51. The highest BCUT2D eigenvalue weighted by atomic mass is 32.2. The van der Waals surface area contributed by atoms with Crippen LogP contribution in [0.3, 0.4) is 0 Å². The molecule has 6 nitrogen and oxygen atoms in total. The topological polar surface area (TPSA) is 79.4 Å². The van der Waals surface area contributed by atoms with Gasteiger partial charge in [0.05, 0.1) is 10.6 Å². The molecule has 1 N–H and O–H groups in total. The smallest absolute Gasteiger partial charge is 0.257 e. The molecule has 0 aliphatic carbocycles. The lowest BCUT2D eigenvalue weighted by molar-refractivity contribution is 0.102. The van der Waals surface area contributed by atoms with Gasteiger partial charge in [-0.2, -0.15) is 4.31 Å². The van der Waals surface area contributed by atoms with E-state index in [1.807, 2.05) is 17.5 Å². The van der Waals surface area contributed by atoms with Gasteiger partial charge >= 0.3 is 0 Å². The molecule has 0 unspecified atom stereocenters. The Morgan fingerprint density at radius 3 is 2.52 bits per heavy atom. The first kappa shape index (κ1) is 23.6. The van der Waals surface area contributed by atoms with E-state index in [1.54, 1.807) is 19.1 Å². The van der Waals surface area contributed by atoms with Crippen molar-refractivity contribution in [3.63, 3.8) is 0 Å². The summed E-state index contributed by atoms with van der Waals surface area (Å²) in [6, 6.07) is 13.1. The first-order chi connectivity index (χ1) is 15.9. The number of piperidine rings is 1. The van der Waals surface area contributed by atoms with Gasteiger partial charge < -0.3 is 0 Å². The molecule has 0 spiro atoms. The summed E-state index contributed by atoms with van der Waals surface area (Å²) in [6.07, 6.45) is 4.93. The van der Waals surface area contributed by atoms with Crippen molar-refractivity contribution in [3.05, 3.63) is 64.5 Å². The van der Waals surface area contributed by atoms with E-state index in [0.29, 0.717) is 29.3 Å². The zero-order chi connectivity index (χ0) is 23.4. The second-order valence-electron chi connectivity index (χ2n) is 8.38. The molecule has 1 fully saturated rings. The van der Waals surface area contributed by atoms with Crippen LogP contribution in [-0.2, 0) is 16.4 Å². The number of rotatable bonds is 7. The predicted molar refractivity (Wildman–Crippen MR) is 133 cm³/mol. The SMILES string of the molecule is CCCc1ccc(-c2csc(NC(=O)c3ccc(C)c(S(=O)(=O)N4CCCCC4)c3)n2)cc1. The minimum absolute atomic E-state index is 0.198. The van der Waals surface area contributed by atoms with Gasteiger partial charge in [-0.3, -0.25) is 10.1 Å². The number of benzene rings is 2. The highest BCUT2D eigenvalue weighted by Crippen LogP contribution is 2.27. The fourth-order valence-corrected chi connectivity index (χ4v) is 6.51. The summed E-state index contributed by atoms with van der Waals surface area (Å²) in [5, 5.41) is 5.21. The molecule has 2 aromatic carbocycles. The number of carbonyl (C=O) groups is 1. The maximum atomic E-state index is 13.2. The van der Waals surface area contributed by atoms with Crippen LogP contribution in [0.4, 0.5) is 5.13 Å². The molecule has 33 heavy (non-hydrogen) atoms. The van der Waals surface area contributed by atoms with E-state index in [1.165, 1.54) is 27.3 Å². The lowest BCUT2D eigenvalue weighted by Gasteiger charge is -2.26. The Morgan fingerprint density at radius 2 is 1.82 bits per heavy atom. The van der Waals surface area contributed by atoms with Crippen LogP contribution in [0.1, 0.15) is 54.1 Å². The minimum atomic E-state index is -3.62. The van der Waals surface area contributed by atoms with Crippen LogP contribution in [-0.4, -0.2) is 36.7 Å². The van der Waals surface area contributed by atoms with Gasteiger partial charge in [0.2, 0.25) is 10.0 Å². The molecule has 1 amide bonds. The third-order valence-corrected chi connectivity index (χ3v) is 8.69. The molecule has 2 heterocycles. The molecule has 1 aliphatic heterocycles. The number of nitrogens with one attached hydrogen (secondary N) is 1. The van der Waals surface area contributed by atoms with Crippen LogP contribution in [0.5, 0.6) is 0 Å². The molecule has 4 rings (SSSR count). The second-order valence-corrected chi connectivity index (χ2v) is 11.1. The van der Waals surface area contributed by atoms with Crippen LogP contribution in [0, 0.1) is 6.92 Å². The number of aryl methyl sites for hydroxylation is 2. The fourth-order valence-electron chi connectivity index (χ4n) is 4.03. The summed E-state index contributed by atoms with van der Waals surface area (Å²) in [5.74, 6) is -0.371. The molecule has 0 bridgehead atoms. The third-order valence-electron chi connectivity index (χ3n) is 5.90. The van der Waals surface area contributed by atoms with Crippen LogP contribution in [0.25, 0.3) is 11.3 Å². The van der Waals surface area contributed by atoms with E-state index in [0.717, 1.165) is 43.4 Å². The van der Waals surface area contributed by atoms with Gasteiger partial charge in [-0.25, -0.2) is 13.4 Å². The third kappa shape index (κ3) is 5.34. The molecular weight excluding hydrogens is 454 g/mol. The van der Waals surface area contributed by atoms with Gasteiger partial charge in [0.15, 0.2) is 5.13 Å². The molecule has 8 heteroatoms. The Kier molecular flexibility index (Phi) is 7.26. The van der Waals surface area contributed by atoms with Crippen molar-refractivity contribution in [1.82, 2.24) is 9.29 Å². The Morgan fingerprint density at radius 1 is 1.09 bits per heavy atom. The van der Waals surface area contributed by atoms with Crippen molar-refractivity contribution in [2.75, 3.05) is 18.4 Å². The minimum Gasteiger partial charge on any atom is -0.298 e. The van der Waals surface area contributed by atoms with E-state index < -0.39 is 10.0 Å². The van der Waals surface area contributed by atoms with Crippen LogP contribution < -0.4 is 5.32 Å². The number of amides is 1. The van der Waals surface area contributed by atoms with Crippen molar-refractivity contribution in [3.8, 4) is 11.3 Å². The first-order valence-corrected chi connectivity index (χ1v) is 13.7. The van der Waals surface area contributed by atoms with Gasteiger partial charge in [-0.05, 0) is 49.4 Å². The molecule has 0 radical (unpaired) electrons. The number of sulfonamides is 1. The summed E-state index contributed by atoms with van der Waals surface area (Å²) >= 11 is 1.35. The van der Waals surface area contributed by atoms with Gasteiger partial charge in [-0.15, -0.1) is 11.3 Å². The Bertz CT molecular complexity index is 1230. The van der Waals surface area contributed by atoms with Crippen LogP contribution >= 0.6 is 11.3 Å². The zero-order valence-electron chi connectivity index (χ0n) is 19.0. The van der Waals surface area contributed by atoms with Crippen molar-refractivity contribution in [1.29, 1.82) is 0 Å². The Labute approximate surface area is 199 Å². The van der Waals surface area contributed by atoms with E-state index in [9.17, 15) is 13.2 Å². The summed E-state index contributed by atoms with van der Waals surface area (Å²) in [5.41, 5.74) is 4.03. The van der Waals surface area contributed by atoms with E-state index >= 15 is 0 Å². The number of aromatic nitrogens is 1. The fraction of sp³-hybridized carbons (Fsp3) is 0.360. The molecule has 0 atom stereocenters. The number of thiazole rings is 1. The lowest BCUT2D eigenvalue weighted by Crippen LogP contribution is -2.36. The van der Waals surface area contributed by atoms with E-state index in [2.05, 4.69) is 29.4 Å².